The minimum absolute atomic E-state index is 0.0473. The minimum Gasteiger partial charge on any atom is -0.380 e. The summed E-state index contributed by atoms with van der Waals surface area (Å²) in [6.07, 6.45) is 0. The molecule has 0 fully saturated rings. The third-order valence-corrected chi connectivity index (χ3v) is 4.53. The number of nitrogens with one attached hydrogen (secondary N) is 2. The van der Waals surface area contributed by atoms with Gasteiger partial charge in [0.1, 0.15) is 6.54 Å². The summed E-state index contributed by atoms with van der Waals surface area (Å²) in [5.41, 5.74) is 4.22. The maximum atomic E-state index is 12.4. The minimum atomic E-state index is -0.0473. The van der Waals surface area contributed by atoms with Crippen molar-refractivity contribution >= 4 is 5.91 Å². The quantitative estimate of drug-likeness (QED) is 0.734. The van der Waals surface area contributed by atoms with Gasteiger partial charge in [0.2, 0.25) is 0 Å². The predicted molar refractivity (Wildman–Crippen MR) is 101 cm³/mol. The number of hydrogen-bond acceptors (Lipinski definition) is 2. The molecule has 1 amide bonds. The van der Waals surface area contributed by atoms with Crippen LogP contribution in [0.5, 0.6) is 0 Å². The number of quaternary nitrogens is 1. The number of amides is 1. The molecule has 2 N–H and O–H groups in total. The van der Waals surface area contributed by atoms with Crippen molar-refractivity contribution in [3.8, 4) is 0 Å². The van der Waals surface area contributed by atoms with Crippen molar-refractivity contribution in [2.45, 2.75) is 33.5 Å². The third-order valence-electron chi connectivity index (χ3n) is 4.53. The Balaban J connectivity index is 1.99. The van der Waals surface area contributed by atoms with E-state index in [1.807, 2.05) is 30.3 Å². The van der Waals surface area contributed by atoms with Crippen molar-refractivity contribution in [3.63, 3.8) is 0 Å². The largest absolute Gasteiger partial charge is 0.380 e. The Morgan fingerprint density at radius 3 is 2.24 bits per heavy atom. The molecule has 0 heterocycles. The highest BCUT2D eigenvalue weighted by atomic mass is 16.5. The number of methoxy groups -OCH3 is 1. The molecule has 0 spiro atoms. The van der Waals surface area contributed by atoms with E-state index in [-0.39, 0.29) is 5.91 Å². The van der Waals surface area contributed by atoms with Crippen molar-refractivity contribution in [3.05, 3.63) is 70.8 Å². The standard InChI is InChI=1S/C21H28N2O2/c1-4-23(5-2)15-20-9-7-6-8-19(20)14-22-21(24)18-12-10-17(11-13-18)16-25-3/h6-13H,4-5,14-16H2,1-3H3,(H,22,24)/p+1. The lowest BCUT2D eigenvalue weighted by Crippen LogP contribution is -3.10. The maximum absolute atomic E-state index is 12.4. The van der Waals surface area contributed by atoms with Gasteiger partial charge < -0.3 is 15.0 Å². The molecule has 4 heteroatoms. The molecular formula is C21H29N2O2+. The first-order valence-corrected chi connectivity index (χ1v) is 8.94. The fourth-order valence-electron chi connectivity index (χ4n) is 2.87. The van der Waals surface area contributed by atoms with Gasteiger partial charge in [0, 0.05) is 24.8 Å². The SMILES string of the molecule is CC[NH+](CC)Cc1ccccc1CNC(=O)c1ccc(COC)cc1. The van der Waals surface area contributed by atoms with Crippen molar-refractivity contribution in [1.29, 1.82) is 0 Å². The second kappa shape index (κ2) is 9.97. The summed E-state index contributed by atoms with van der Waals surface area (Å²) in [4.78, 5) is 13.9. The normalized spacial score (nSPS) is 10.9. The van der Waals surface area contributed by atoms with Gasteiger partial charge in [-0.2, -0.15) is 0 Å². The van der Waals surface area contributed by atoms with Crippen LogP contribution < -0.4 is 10.2 Å². The van der Waals surface area contributed by atoms with E-state index >= 15 is 0 Å². The first-order chi connectivity index (χ1) is 12.2. The highest BCUT2D eigenvalue weighted by Gasteiger charge is 2.11. The Morgan fingerprint density at radius 1 is 1.00 bits per heavy atom. The van der Waals surface area contributed by atoms with E-state index < -0.39 is 0 Å². The van der Waals surface area contributed by atoms with E-state index in [1.165, 1.54) is 16.0 Å². The molecule has 0 atom stereocenters. The number of hydrogen-bond donors (Lipinski definition) is 2. The molecule has 0 bridgehead atoms. The van der Waals surface area contributed by atoms with Crippen LogP contribution in [0.3, 0.4) is 0 Å². The Morgan fingerprint density at radius 2 is 1.64 bits per heavy atom. The lowest BCUT2D eigenvalue weighted by Gasteiger charge is -2.18. The van der Waals surface area contributed by atoms with E-state index in [9.17, 15) is 4.79 Å². The molecule has 25 heavy (non-hydrogen) atoms. The molecule has 2 aromatic rings. The predicted octanol–water partition coefficient (Wildman–Crippen LogP) is 2.19. The molecule has 0 aliphatic carbocycles. The van der Waals surface area contributed by atoms with Crippen molar-refractivity contribution in [2.75, 3.05) is 20.2 Å². The number of benzene rings is 2. The van der Waals surface area contributed by atoms with Crippen molar-refractivity contribution < 1.29 is 14.4 Å². The molecule has 0 saturated carbocycles. The summed E-state index contributed by atoms with van der Waals surface area (Å²) in [6, 6.07) is 15.9. The van der Waals surface area contributed by atoms with Crippen LogP contribution in [0.15, 0.2) is 48.5 Å². The van der Waals surface area contributed by atoms with E-state index in [4.69, 9.17) is 4.74 Å². The molecule has 134 valence electrons. The summed E-state index contributed by atoms with van der Waals surface area (Å²) in [5, 5.41) is 3.04. The zero-order valence-corrected chi connectivity index (χ0v) is 15.5. The fourth-order valence-corrected chi connectivity index (χ4v) is 2.87. The highest BCUT2D eigenvalue weighted by molar-refractivity contribution is 5.94. The van der Waals surface area contributed by atoms with Gasteiger partial charge >= 0.3 is 0 Å². The van der Waals surface area contributed by atoms with Crippen LogP contribution in [0, 0.1) is 0 Å². The molecule has 2 aromatic carbocycles. The fraction of sp³-hybridized carbons (Fsp3) is 0.381. The molecule has 4 nitrogen and oxygen atoms in total. The maximum Gasteiger partial charge on any atom is 0.251 e. The second-order valence-corrected chi connectivity index (χ2v) is 6.22. The van der Waals surface area contributed by atoms with E-state index in [2.05, 4.69) is 37.4 Å². The van der Waals surface area contributed by atoms with Gasteiger partial charge in [-0.3, -0.25) is 4.79 Å². The average Bonchev–Trinajstić information content (AvgIpc) is 2.65. The van der Waals surface area contributed by atoms with Crippen LogP contribution in [0.2, 0.25) is 0 Å². The van der Waals surface area contributed by atoms with Crippen LogP contribution in [0.4, 0.5) is 0 Å². The molecule has 0 unspecified atom stereocenters. The zero-order chi connectivity index (χ0) is 18.1. The highest BCUT2D eigenvalue weighted by Crippen LogP contribution is 2.09. The van der Waals surface area contributed by atoms with Gasteiger partial charge in [-0.15, -0.1) is 0 Å². The molecule has 0 aliphatic rings. The molecular weight excluding hydrogens is 312 g/mol. The average molecular weight is 341 g/mol. The van der Waals surface area contributed by atoms with Crippen molar-refractivity contribution in [2.24, 2.45) is 0 Å². The van der Waals surface area contributed by atoms with Crippen LogP contribution in [0.1, 0.15) is 40.9 Å². The van der Waals surface area contributed by atoms with Crippen LogP contribution in [0.25, 0.3) is 0 Å². The summed E-state index contributed by atoms with van der Waals surface area (Å²) < 4.78 is 5.09. The smallest absolute Gasteiger partial charge is 0.251 e. The van der Waals surface area contributed by atoms with Gasteiger partial charge in [0.05, 0.1) is 19.7 Å². The van der Waals surface area contributed by atoms with Gasteiger partial charge in [-0.05, 0) is 37.1 Å². The zero-order valence-electron chi connectivity index (χ0n) is 15.5. The van der Waals surface area contributed by atoms with Gasteiger partial charge in [0.15, 0.2) is 0 Å². The Hall–Kier alpha value is -2.17. The lowest BCUT2D eigenvalue weighted by atomic mass is 10.1. The molecule has 2 rings (SSSR count). The summed E-state index contributed by atoms with van der Waals surface area (Å²) >= 11 is 0. The topological polar surface area (TPSA) is 42.8 Å². The van der Waals surface area contributed by atoms with Gasteiger partial charge in [-0.25, -0.2) is 0 Å². The summed E-state index contributed by atoms with van der Waals surface area (Å²) in [5.74, 6) is -0.0473. The Bertz CT molecular complexity index is 664. The van der Waals surface area contributed by atoms with E-state index in [1.54, 1.807) is 7.11 Å². The second-order valence-electron chi connectivity index (χ2n) is 6.22. The molecule has 0 saturated heterocycles. The van der Waals surface area contributed by atoms with Crippen molar-refractivity contribution in [1.82, 2.24) is 5.32 Å². The molecule has 0 radical (unpaired) electrons. The Labute approximate surface area is 150 Å². The number of carbonyl (C=O) groups excluding carboxylic acids is 1. The number of rotatable bonds is 9. The lowest BCUT2D eigenvalue weighted by molar-refractivity contribution is -0.910. The third kappa shape index (κ3) is 5.69. The first-order valence-electron chi connectivity index (χ1n) is 8.94. The summed E-state index contributed by atoms with van der Waals surface area (Å²) in [6.45, 7) is 8.71. The number of carbonyl (C=O) groups is 1. The van der Waals surface area contributed by atoms with Crippen LogP contribution in [-0.2, 0) is 24.4 Å². The monoisotopic (exact) mass is 341 g/mol. The first kappa shape index (κ1) is 19.2. The van der Waals surface area contributed by atoms with Crippen LogP contribution >= 0.6 is 0 Å². The Kier molecular flexibility index (Phi) is 7.64. The molecule has 0 aromatic heterocycles. The van der Waals surface area contributed by atoms with E-state index in [0.717, 1.165) is 25.2 Å². The van der Waals surface area contributed by atoms with Gasteiger partial charge in [-0.1, -0.05) is 36.4 Å². The van der Waals surface area contributed by atoms with Gasteiger partial charge in [0.25, 0.3) is 5.91 Å². The molecule has 0 aliphatic heterocycles. The van der Waals surface area contributed by atoms with E-state index in [0.29, 0.717) is 18.7 Å². The summed E-state index contributed by atoms with van der Waals surface area (Å²) in [7, 11) is 1.66. The van der Waals surface area contributed by atoms with Crippen LogP contribution in [-0.4, -0.2) is 26.1 Å². The number of ether oxygens (including phenoxy) is 1.